The number of halogens is 4. The van der Waals surface area contributed by atoms with E-state index in [4.69, 9.17) is 11.6 Å². The van der Waals surface area contributed by atoms with Crippen LogP contribution >= 0.6 is 23.4 Å². The van der Waals surface area contributed by atoms with Crippen molar-refractivity contribution in [2.24, 2.45) is 0 Å². The lowest BCUT2D eigenvalue weighted by atomic mass is 10.3. The van der Waals surface area contributed by atoms with Crippen LogP contribution in [-0.2, 0) is 6.18 Å². The molecular formula is C10H12ClF3N2S. The van der Waals surface area contributed by atoms with E-state index < -0.39 is 11.7 Å². The normalized spacial score (nSPS) is 12.2. The Morgan fingerprint density at radius 1 is 1.41 bits per heavy atom. The summed E-state index contributed by atoms with van der Waals surface area (Å²) in [6.07, 6.45) is -3.59. The summed E-state index contributed by atoms with van der Waals surface area (Å²) in [5.74, 6) is 0.727. The van der Waals surface area contributed by atoms with Crippen LogP contribution in [0.3, 0.4) is 0 Å². The largest absolute Gasteiger partial charge is 0.417 e. The Morgan fingerprint density at radius 2 is 2.06 bits per heavy atom. The highest BCUT2D eigenvalue weighted by molar-refractivity contribution is 7.99. The average Bonchev–Trinajstić information content (AvgIpc) is 2.18. The number of rotatable bonds is 4. The van der Waals surface area contributed by atoms with Gasteiger partial charge in [-0.1, -0.05) is 11.6 Å². The van der Waals surface area contributed by atoms with Crippen LogP contribution in [-0.4, -0.2) is 36.3 Å². The highest BCUT2D eigenvalue weighted by Gasteiger charge is 2.31. The Labute approximate surface area is 107 Å². The molecule has 0 aromatic carbocycles. The summed E-state index contributed by atoms with van der Waals surface area (Å²) in [6.45, 7) is 0.809. The van der Waals surface area contributed by atoms with E-state index in [0.717, 1.165) is 24.6 Å². The van der Waals surface area contributed by atoms with E-state index in [0.29, 0.717) is 5.03 Å². The van der Waals surface area contributed by atoms with Gasteiger partial charge in [0.15, 0.2) is 0 Å². The van der Waals surface area contributed by atoms with Crippen molar-refractivity contribution < 1.29 is 13.2 Å². The fraction of sp³-hybridized carbons (Fsp3) is 0.500. The first kappa shape index (κ1) is 14.6. The molecule has 0 saturated carbocycles. The predicted octanol–water partition coefficient (Wildman–Crippen LogP) is 3.41. The van der Waals surface area contributed by atoms with E-state index >= 15 is 0 Å². The summed E-state index contributed by atoms with van der Waals surface area (Å²) in [7, 11) is 3.84. The van der Waals surface area contributed by atoms with Crippen LogP contribution < -0.4 is 0 Å². The zero-order valence-electron chi connectivity index (χ0n) is 9.38. The lowest BCUT2D eigenvalue weighted by Gasteiger charge is -2.10. The molecule has 96 valence electrons. The van der Waals surface area contributed by atoms with Crippen molar-refractivity contribution >= 4 is 23.4 Å². The molecule has 0 aliphatic rings. The number of pyridine rings is 1. The lowest BCUT2D eigenvalue weighted by Crippen LogP contribution is -2.14. The van der Waals surface area contributed by atoms with Gasteiger partial charge in [-0.3, -0.25) is 0 Å². The molecule has 0 bridgehead atoms. The molecule has 17 heavy (non-hydrogen) atoms. The molecule has 1 heterocycles. The number of aromatic nitrogens is 1. The number of hydrogen-bond donors (Lipinski definition) is 0. The molecule has 0 radical (unpaired) electrons. The van der Waals surface area contributed by atoms with E-state index in [-0.39, 0.29) is 5.02 Å². The first-order valence-corrected chi connectivity index (χ1v) is 6.17. The third kappa shape index (κ3) is 4.73. The van der Waals surface area contributed by atoms with Crippen molar-refractivity contribution in [3.05, 3.63) is 22.8 Å². The molecule has 7 heteroatoms. The highest BCUT2D eigenvalue weighted by Crippen LogP contribution is 2.33. The van der Waals surface area contributed by atoms with Crippen molar-refractivity contribution in [2.45, 2.75) is 11.2 Å². The van der Waals surface area contributed by atoms with Crippen LogP contribution in [0, 0.1) is 0 Å². The van der Waals surface area contributed by atoms with Crippen molar-refractivity contribution in [1.29, 1.82) is 0 Å². The number of thioether (sulfide) groups is 1. The smallest absolute Gasteiger partial charge is 0.309 e. The maximum Gasteiger partial charge on any atom is 0.417 e. The summed E-state index contributed by atoms with van der Waals surface area (Å²) >= 11 is 7.10. The molecule has 0 aliphatic heterocycles. The average molecular weight is 285 g/mol. The third-order valence-electron chi connectivity index (χ3n) is 1.91. The summed E-state index contributed by atoms with van der Waals surface area (Å²) in [6, 6.07) is 0.909. The predicted molar refractivity (Wildman–Crippen MR) is 63.5 cm³/mol. The minimum Gasteiger partial charge on any atom is -0.309 e. The van der Waals surface area contributed by atoms with E-state index in [1.54, 1.807) is 0 Å². The van der Waals surface area contributed by atoms with E-state index in [1.165, 1.54) is 11.8 Å². The van der Waals surface area contributed by atoms with Crippen LogP contribution in [0.4, 0.5) is 13.2 Å². The Hall–Kier alpha value is -0.460. The van der Waals surface area contributed by atoms with Crippen molar-refractivity contribution in [1.82, 2.24) is 9.88 Å². The second-order valence-corrected chi connectivity index (χ2v) is 5.15. The minimum absolute atomic E-state index is 0.0450. The quantitative estimate of drug-likeness (QED) is 0.788. The van der Waals surface area contributed by atoms with Crippen molar-refractivity contribution in [3.63, 3.8) is 0 Å². The molecule has 0 spiro atoms. The van der Waals surface area contributed by atoms with Crippen LogP contribution in [0.1, 0.15) is 5.56 Å². The fourth-order valence-corrected chi connectivity index (χ4v) is 2.32. The van der Waals surface area contributed by atoms with Crippen molar-refractivity contribution in [3.8, 4) is 0 Å². The van der Waals surface area contributed by atoms with Crippen LogP contribution in [0.5, 0.6) is 0 Å². The lowest BCUT2D eigenvalue weighted by molar-refractivity contribution is -0.137. The molecule has 1 aromatic heterocycles. The second-order valence-electron chi connectivity index (χ2n) is 3.66. The van der Waals surface area contributed by atoms with Crippen molar-refractivity contribution in [2.75, 3.05) is 26.4 Å². The summed E-state index contributed by atoms with van der Waals surface area (Å²) in [5, 5.41) is 0.477. The molecule has 0 aliphatic carbocycles. The van der Waals surface area contributed by atoms with E-state index in [2.05, 4.69) is 4.98 Å². The van der Waals surface area contributed by atoms with Gasteiger partial charge in [0.2, 0.25) is 0 Å². The maximum atomic E-state index is 12.3. The maximum absolute atomic E-state index is 12.3. The molecule has 0 unspecified atom stereocenters. The first-order chi connectivity index (χ1) is 7.80. The number of hydrogen-bond acceptors (Lipinski definition) is 3. The summed E-state index contributed by atoms with van der Waals surface area (Å²) < 4.78 is 37.0. The SMILES string of the molecule is CN(C)CCSc1ncc(C(F)(F)F)cc1Cl. The fourth-order valence-electron chi connectivity index (χ4n) is 1.01. The van der Waals surface area contributed by atoms with Gasteiger partial charge in [-0.25, -0.2) is 4.98 Å². The molecule has 0 atom stereocenters. The molecule has 0 N–H and O–H groups in total. The van der Waals surface area contributed by atoms with E-state index in [1.807, 2.05) is 19.0 Å². The summed E-state index contributed by atoms with van der Waals surface area (Å²) in [4.78, 5) is 5.71. The highest BCUT2D eigenvalue weighted by atomic mass is 35.5. The van der Waals surface area contributed by atoms with Gasteiger partial charge in [0, 0.05) is 18.5 Å². The zero-order chi connectivity index (χ0) is 13.1. The Bertz CT molecular complexity index is 382. The summed E-state index contributed by atoms with van der Waals surface area (Å²) in [5.41, 5.74) is -0.820. The van der Waals surface area contributed by atoms with Gasteiger partial charge >= 0.3 is 6.18 Å². The Kier molecular flexibility index (Phi) is 5.09. The van der Waals surface area contributed by atoms with Crippen LogP contribution in [0.25, 0.3) is 0 Å². The topological polar surface area (TPSA) is 16.1 Å². The van der Waals surface area contributed by atoms with Crippen LogP contribution in [0.15, 0.2) is 17.3 Å². The molecular weight excluding hydrogens is 273 g/mol. The molecule has 0 amide bonds. The molecule has 2 nitrogen and oxygen atoms in total. The van der Waals surface area contributed by atoms with Gasteiger partial charge in [0.1, 0.15) is 5.03 Å². The van der Waals surface area contributed by atoms with Gasteiger partial charge < -0.3 is 4.90 Å². The monoisotopic (exact) mass is 284 g/mol. The molecule has 0 saturated heterocycles. The first-order valence-electron chi connectivity index (χ1n) is 4.81. The van der Waals surface area contributed by atoms with Gasteiger partial charge in [-0.05, 0) is 20.2 Å². The van der Waals surface area contributed by atoms with Gasteiger partial charge in [0.25, 0.3) is 0 Å². The molecule has 1 rings (SSSR count). The van der Waals surface area contributed by atoms with E-state index in [9.17, 15) is 13.2 Å². The molecule has 1 aromatic rings. The number of nitrogens with zero attached hydrogens (tertiary/aromatic N) is 2. The number of alkyl halides is 3. The van der Waals surface area contributed by atoms with Crippen LogP contribution in [0.2, 0.25) is 5.02 Å². The second kappa shape index (κ2) is 5.93. The zero-order valence-corrected chi connectivity index (χ0v) is 11.0. The van der Waals surface area contributed by atoms with Gasteiger partial charge in [-0.15, -0.1) is 11.8 Å². The van der Waals surface area contributed by atoms with Gasteiger partial charge in [0.05, 0.1) is 10.6 Å². The van der Waals surface area contributed by atoms with Gasteiger partial charge in [-0.2, -0.15) is 13.2 Å². The Morgan fingerprint density at radius 3 is 2.53 bits per heavy atom. The standard InChI is InChI=1S/C10H12ClF3N2S/c1-16(2)3-4-17-9-8(11)5-7(6-15-9)10(12,13)14/h5-6H,3-4H2,1-2H3. The molecule has 0 fully saturated rings. The minimum atomic E-state index is -4.40. The third-order valence-corrected chi connectivity index (χ3v) is 3.30. The Balaban J connectivity index is 2.70.